The van der Waals surface area contributed by atoms with E-state index in [9.17, 15) is 0 Å². The standard InChI is InChI=1S/C17H23N3O/c1-3-19-8-10-20(11-9-19)16-12-14-6-5-7-18-15(14)13-17(16)21-4-2/h5-7,12-13H,3-4,8-11H2,1-2H3. The minimum atomic E-state index is 0.681. The predicted molar refractivity (Wildman–Crippen MR) is 87.2 cm³/mol. The minimum absolute atomic E-state index is 0.681. The van der Waals surface area contributed by atoms with Crippen molar-refractivity contribution in [3.05, 3.63) is 30.5 Å². The Morgan fingerprint density at radius 3 is 2.67 bits per heavy atom. The molecule has 0 unspecified atom stereocenters. The maximum absolute atomic E-state index is 5.86. The van der Waals surface area contributed by atoms with Gasteiger partial charge in [-0.2, -0.15) is 0 Å². The summed E-state index contributed by atoms with van der Waals surface area (Å²) in [6.45, 7) is 10.4. The third kappa shape index (κ3) is 2.95. The lowest BCUT2D eigenvalue weighted by Crippen LogP contribution is -2.46. The Kier molecular flexibility index (Phi) is 4.25. The average Bonchev–Trinajstić information content (AvgIpc) is 2.55. The molecule has 1 aromatic carbocycles. The summed E-state index contributed by atoms with van der Waals surface area (Å²) in [5.74, 6) is 0.952. The van der Waals surface area contributed by atoms with Gasteiger partial charge in [-0.25, -0.2) is 0 Å². The molecule has 0 aliphatic carbocycles. The summed E-state index contributed by atoms with van der Waals surface area (Å²) in [4.78, 5) is 9.35. The fourth-order valence-corrected chi connectivity index (χ4v) is 2.91. The fourth-order valence-electron chi connectivity index (χ4n) is 2.91. The fraction of sp³-hybridized carbons (Fsp3) is 0.471. The van der Waals surface area contributed by atoms with Gasteiger partial charge in [-0.1, -0.05) is 13.0 Å². The first-order valence-corrected chi connectivity index (χ1v) is 7.80. The average molecular weight is 285 g/mol. The second-order valence-electron chi connectivity index (χ2n) is 5.37. The first-order chi connectivity index (χ1) is 10.3. The lowest BCUT2D eigenvalue weighted by atomic mass is 10.1. The summed E-state index contributed by atoms with van der Waals surface area (Å²) < 4.78 is 5.86. The zero-order chi connectivity index (χ0) is 14.7. The maximum atomic E-state index is 5.86. The molecule has 4 heteroatoms. The Bertz CT molecular complexity index is 606. The van der Waals surface area contributed by atoms with Crippen molar-refractivity contribution in [3.8, 4) is 5.75 Å². The van der Waals surface area contributed by atoms with Crippen LogP contribution in [0.4, 0.5) is 5.69 Å². The molecule has 2 aromatic rings. The van der Waals surface area contributed by atoms with Crippen LogP contribution in [0, 0.1) is 0 Å². The number of aromatic nitrogens is 1. The highest BCUT2D eigenvalue weighted by molar-refractivity contribution is 5.86. The van der Waals surface area contributed by atoms with E-state index >= 15 is 0 Å². The van der Waals surface area contributed by atoms with Gasteiger partial charge < -0.3 is 14.5 Å². The molecule has 112 valence electrons. The summed E-state index contributed by atoms with van der Waals surface area (Å²) in [5, 5.41) is 1.17. The number of piperazine rings is 1. The van der Waals surface area contributed by atoms with E-state index in [1.807, 2.05) is 19.2 Å². The number of hydrogen-bond acceptors (Lipinski definition) is 4. The quantitative estimate of drug-likeness (QED) is 0.863. The Balaban J connectivity index is 1.94. The molecular formula is C17H23N3O. The second kappa shape index (κ2) is 6.31. The molecule has 0 spiro atoms. The normalized spacial score (nSPS) is 16.4. The summed E-state index contributed by atoms with van der Waals surface area (Å²) in [5.41, 5.74) is 2.20. The van der Waals surface area contributed by atoms with Crippen molar-refractivity contribution in [2.24, 2.45) is 0 Å². The van der Waals surface area contributed by atoms with E-state index in [2.05, 4.69) is 39.9 Å². The van der Waals surface area contributed by atoms with Crippen molar-refractivity contribution in [2.45, 2.75) is 13.8 Å². The molecule has 3 rings (SSSR count). The zero-order valence-electron chi connectivity index (χ0n) is 12.9. The lowest BCUT2D eigenvalue weighted by Gasteiger charge is -2.36. The predicted octanol–water partition coefficient (Wildman–Crippen LogP) is 2.78. The van der Waals surface area contributed by atoms with Crippen molar-refractivity contribution in [1.82, 2.24) is 9.88 Å². The van der Waals surface area contributed by atoms with Gasteiger partial charge in [-0.05, 0) is 25.6 Å². The van der Waals surface area contributed by atoms with Gasteiger partial charge in [0.15, 0.2) is 0 Å². The number of rotatable bonds is 4. The van der Waals surface area contributed by atoms with Crippen LogP contribution in [0.3, 0.4) is 0 Å². The van der Waals surface area contributed by atoms with Crippen LogP contribution >= 0.6 is 0 Å². The highest BCUT2D eigenvalue weighted by Gasteiger charge is 2.19. The number of hydrogen-bond donors (Lipinski definition) is 0. The van der Waals surface area contributed by atoms with E-state index in [0.29, 0.717) is 6.61 Å². The molecule has 0 atom stereocenters. The van der Waals surface area contributed by atoms with Crippen molar-refractivity contribution in [2.75, 3.05) is 44.2 Å². The van der Waals surface area contributed by atoms with Crippen molar-refractivity contribution in [3.63, 3.8) is 0 Å². The van der Waals surface area contributed by atoms with Gasteiger partial charge in [-0.3, -0.25) is 4.98 Å². The first kappa shape index (κ1) is 14.1. The summed E-state index contributed by atoms with van der Waals surface area (Å²) in [7, 11) is 0. The van der Waals surface area contributed by atoms with Crippen LogP contribution < -0.4 is 9.64 Å². The Morgan fingerprint density at radius 2 is 1.95 bits per heavy atom. The number of pyridine rings is 1. The third-order valence-corrected chi connectivity index (χ3v) is 4.14. The minimum Gasteiger partial charge on any atom is -0.492 e. The highest BCUT2D eigenvalue weighted by Crippen LogP contribution is 2.33. The van der Waals surface area contributed by atoms with E-state index in [4.69, 9.17) is 4.74 Å². The Morgan fingerprint density at radius 1 is 1.14 bits per heavy atom. The van der Waals surface area contributed by atoms with Crippen LogP contribution in [0.15, 0.2) is 30.5 Å². The van der Waals surface area contributed by atoms with E-state index in [1.54, 1.807) is 0 Å². The number of nitrogens with zero attached hydrogens (tertiary/aromatic N) is 3. The van der Waals surface area contributed by atoms with Gasteiger partial charge in [-0.15, -0.1) is 0 Å². The first-order valence-electron chi connectivity index (χ1n) is 7.80. The molecule has 1 fully saturated rings. The van der Waals surface area contributed by atoms with E-state index in [1.165, 1.54) is 11.1 Å². The van der Waals surface area contributed by atoms with Gasteiger partial charge in [0, 0.05) is 43.8 Å². The Labute approximate surface area is 126 Å². The molecule has 0 amide bonds. The molecule has 1 aliphatic heterocycles. The van der Waals surface area contributed by atoms with Gasteiger partial charge >= 0.3 is 0 Å². The van der Waals surface area contributed by atoms with Gasteiger partial charge in [0.05, 0.1) is 17.8 Å². The van der Waals surface area contributed by atoms with Gasteiger partial charge in [0.25, 0.3) is 0 Å². The molecule has 0 saturated carbocycles. The molecule has 2 heterocycles. The summed E-state index contributed by atoms with van der Waals surface area (Å²) in [6.07, 6.45) is 1.83. The summed E-state index contributed by atoms with van der Waals surface area (Å²) >= 11 is 0. The largest absolute Gasteiger partial charge is 0.492 e. The van der Waals surface area contributed by atoms with E-state index < -0.39 is 0 Å². The van der Waals surface area contributed by atoms with Crippen LogP contribution in [-0.4, -0.2) is 49.2 Å². The number of fused-ring (bicyclic) bond motifs is 1. The molecule has 0 N–H and O–H groups in total. The molecule has 1 aliphatic rings. The van der Waals surface area contributed by atoms with Crippen molar-refractivity contribution in [1.29, 1.82) is 0 Å². The topological polar surface area (TPSA) is 28.6 Å². The van der Waals surface area contributed by atoms with Crippen molar-refractivity contribution < 1.29 is 4.74 Å². The molecule has 1 aromatic heterocycles. The molecule has 0 radical (unpaired) electrons. The number of benzene rings is 1. The van der Waals surface area contributed by atoms with Crippen molar-refractivity contribution >= 4 is 16.6 Å². The SMILES string of the molecule is CCOc1cc2ncccc2cc1N1CCN(CC)CC1. The third-order valence-electron chi connectivity index (χ3n) is 4.14. The lowest BCUT2D eigenvalue weighted by molar-refractivity contribution is 0.269. The van der Waals surface area contributed by atoms with Gasteiger partial charge in [0.1, 0.15) is 5.75 Å². The van der Waals surface area contributed by atoms with Crippen LogP contribution in [0.25, 0.3) is 10.9 Å². The van der Waals surface area contributed by atoms with Crippen LogP contribution in [-0.2, 0) is 0 Å². The monoisotopic (exact) mass is 285 g/mol. The Hall–Kier alpha value is -1.81. The second-order valence-corrected chi connectivity index (χ2v) is 5.37. The van der Waals surface area contributed by atoms with Gasteiger partial charge in [0.2, 0.25) is 0 Å². The highest BCUT2D eigenvalue weighted by atomic mass is 16.5. The molecule has 4 nitrogen and oxygen atoms in total. The number of likely N-dealkylation sites (N-methyl/N-ethyl adjacent to an activating group) is 1. The van der Waals surface area contributed by atoms with Crippen LogP contribution in [0.2, 0.25) is 0 Å². The zero-order valence-corrected chi connectivity index (χ0v) is 12.9. The van der Waals surface area contributed by atoms with Crippen LogP contribution in [0.1, 0.15) is 13.8 Å². The molecular weight excluding hydrogens is 262 g/mol. The molecule has 21 heavy (non-hydrogen) atoms. The smallest absolute Gasteiger partial charge is 0.144 e. The van der Waals surface area contributed by atoms with E-state index in [-0.39, 0.29) is 0 Å². The maximum Gasteiger partial charge on any atom is 0.144 e. The van der Waals surface area contributed by atoms with E-state index in [0.717, 1.165) is 44.0 Å². The molecule has 0 bridgehead atoms. The van der Waals surface area contributed by atoms with Crippen LogP contribution in [0.5, 0.6) is 5.75 Å². The summed E-state index contributed by atoms with van der Waals surface area (Å²) in [6, 6.07) is 8.39. The number of anilines is 1. The number of ether oxygens (including phenoxy) is 1. The molecule has 1 saturated heterocycles.